The molecule has 1 unspecified atom stereocenters. The Morgan fingerprint density at radius 1 is 1.11 bits per heavy atom. The fraction of sp³-hybridized carbons (Fsp3) is 0.529. The quantitative estimate of drug-likeness (QED) is 0.725. The van der Waals surface area contributed by atoms with E-state index in [-0.39, 0.29) is 0 Å². The smallest absolute Gasteiger partial charge is 0.119 e. The maximum absolute atomic E-state index is 5.33. The molecule has 0 N–H and O–H groups in total. The van der Waals surface area contributed by atoms with E-state index in [1.807, 2.05) is 0 Å². The van der Waals surface area contributed by atoms with Crippen LogP contribution in [0.25, 0.3) is 6.08 Å². The summed E-state index contributed by atoms with van der Waals surface area (Å²) >= 11 is 0. The van der Waals surface area contributed by atoms with Crippen molar-refractivity contribution in [3.8, 4) is 5.75 Å². The summed E-state index contributed by atoms with van der Waals surface area (Å²) in [5.74, 6) is 2.51. The largest absolute Gasteiger partial charge is 0.497 e. The molecule has 1 nitrogen and oxygen atoms in total. The molecule has 1 fully saturated rings. The molecule has 3 rings (SSSR count). The van der Waals surface area contributed by atoms with Gasteiger partial charge in [0.05, 0.1) is 7.11 Å². The summed E-state index contributed by atoms with van der Waals surface area (Å²) in [5.41, 5.74) is 4.45. The van der Waals surface area contributed by atoms with Crippen LogP contribution < -0.4 is 4.74 Å². The molecule has 1 heteroatoms. The standard InChI is InChI=1S/C17H22O/c1-12-10-14-11-15(18-2)8-9-16(14)17(12)13-6-4-3-5-7-13/h8-11,13,17H,3-7H2,1-2H3. The monoisotopic (exact) mass is 242 g/mol. The highest BCUT2D eigenvalue weighted by molar-refractivity contribution is 5.67. The average molecular weight is 242 g/mol. The minimum Gasteiger partial charge on any atom is -0.497 e. The first-order chi connectivity index (χ1) is 8.79. The van der Waals surface area contributed by atoms with Crippen molar-refractivity contribution in [1.82, 2.24) is 0 Å². The molecule has 1 atom stereocenters. The lowest BCUT2D eigenvalue weighted by Crippen LogP contribution is -2.15. The Balaban J connectivity index is 1.92. The van der Waals surface area contributed by atoms with E-state index in [2.05, 4.69) is 31.2 Å². The number of hydrogen-bond donors (Lipinski definition) is 0. The summed E-state index contributed by atoms with van der Waals surface area (Å²) < 4.78 is 5.33. The van der Waals surface area contributed by atoms with Crippen LogP contribution in [-0.4, -0.2) is 7.11 Å². The fourth-order valence-corrected chi connectivity index (χ4v) is 3.76. The Bertz CT molecular complexity index is 466. The summed E-state index contributed by atoms with van der Waals surface area (Å²) in [6, 6.07) is 6.57. The zero-order chi connectivity index (χ0) is 12.5. The van der Waals surface area contributed by atoms with Crippen molar-refractivity contribution in [3.63, 3.8) is 0 Å². The van der Waals surface area contributed by atoms with Crippen LogP contribution in [0.2, 0.25) is 0 Å². The van der Waals surface area contributed by atoms with Crippen LogP contribution in [0.3, 0.4) is 0 Å². The zero-order valence-corrected chi connectivity index (χ0v) is 11.4. The SMILES string of the molecule is COc1ccc2c(c1)C=C(C)C2C1CCCCC1. The lowest BCUT2D eigenvalue weighted by molar-refractivity contribution is 0.327. The van der Waals surface area contributed by atoms with Gasteiger partial charge in [0, 0.05) is 5.92 Å². The third-order valence-electron chi connectivity index (χ3n) is 4.62. The van der Waals surface area contributed by atoms with E-state index in [1.165, 1.54) is 43.2 Å². The number of allylic oxidation sites excluding steroid dienone is 1. The van der Waals surface area contributed by atoms with Crippen LogP contribution in [0, 0.1) is 5.92 Å². The molecule has 2 aliphatic rings. The first-order valence-electron chi connectivity index (χ1n) is 7.15. The zero-order valence-electron chi connectivity index (χ0n) is 11.4. The van der Waals surface area contributed by atoms with Crippen LogP contribution in [0.1, 0.15) is 56.1 Å². The second-order valence-electron chi connectivity index (χ2n) is 5.76. The van der Waals surface area contributed by atoms with Gasteiger partial charge in [-0.2, -0.15) is 0 Å². The molecule has 0 spiro atoms. The first kappa shape index (κ1) is 11.8. The average Bonchev–Trinajstić information content (AvgIpc) is 2.74. The van der Waals surface area contributed by atoms with Gasteiger partial charge in [-0.05, 0) is 48.9 Å². The van der Waals surface area contributed by atoms with Gasteiger partial charge in [0.15, 0.2) is 0 Å². The van der Waals surface area contributed by atoms with Gasteiger partial charge in [-0.15, -0.1) is 0 Å². The normalized spacial score (nSPS) is 23.7. The first-order valence-corrected chi connectivity index (χ1v) is 7.15. The molecule has 1 aromatic rings. The van der Waals surface area contributed by atoms with Crippen LogP contribution in [0.5, 0.6) is 5.75 Å². The third kappa shape index (κ3) is 1.96. The minimum atomic E-state index is 0.672. The summed E-state index contributed by atoms with van der Waals surface area (Å²) in [6.07, 6.45) is 9.43. The number of methoxy groups -OCH3 is 1. The van der Waals surface area contributed by atoms with Crippen molar-refractivity contribution in [3.05, 3.63) is 34.9 Å². The molecule has 1 saturated carbocycles. The number of fused-ring (bicyclic) bond motifs is 1. The molecular formula is C17H22O. The van der Waals surface area contributed by atoms with Gasteiger partial charge in [-0.1, -0.05) is 37.0 Å². The molecule has 0 aliphatic heterocycles. The molecule has 0 saturated heterocycles. The predicted molar refractivity (Wildman–Crippen MR) is 76.0 cm³/mol. The van der Waals surface area contributed by atoms with Gasteiger partial charge < -0.3 is 4.74 Å². The molecule has 0 aromatic heterocycles. The topological polar surface area (TPSA) is 9.23 Å². The van der Waals surface area contributed by atoms with E-state index in [4.69, 9.17) is 4.74 Å². The second-order valence-corrected chi connectivity index (χ2v) is 5.76. The van der Waals surface area contributed by atoms with E-state index in [0.717, 1.165) is 11.7 Å². The lowest BCUT2D eigenvalue weighted by Gasteiger charge is -2.29. The van der Waals surface area contributed by atoms with Gasteiger partial charge in [0.25, 0.3) is 0 Å². The molecule has 96 valence electrons. The van der Waals surface area contributed by atoms with Crippen molar-refractivity contribution in [2.45, 2.75) is 44.9 Å². The van der Waals surface area contributed by atoms with Gasteiger partial charge in [0.1, 0.15) is 5.75 Å². The number of hydrogen-bond acceptors (Lipinski definition) is 1. The number of ether oxygens (including phenoxy) is 1. The Morgan fingerprint density at radius 2 is 1.89 bits per heavy atom. The molecule has 0 radical (unpaired) electrons. The van der Waals surface area contributed by atoms with Crippen molar-refractivity contribution in [2.75, 3.05) is 7.11 Å². The minimum absolute atomic E-state index is 0.672. The highest BCUT2D eigenvalue weighted by Crippen LogP contribution is 2.46. The molecule has 0 bridgehead atoms. The van der Waals surface area contributed by atoms with Crippen molar-refractivity contribution in [2.24, 2.45) is 5.92 Å². The molecule has 2 aliphatic carbocycles. The van der Waals surface area contributed by atoms with Crippen molar-refractivity contribution in [1.29, 1.82) is 0 Å². The summed E-state index contributed by atoms with van der Waals surface area (Å²) in [5, 5.41) is 0. The van der Waals surface area contributed by atoms with E-state index in [0.29, 0.717) is 5.92 Å². The lowest BCUT2D eigenvalue weighted by atomic mass is 9.75. The Morgan fingerprint density at radius 3 is 2.61 bits per heavy atom. The predicted octanol–water partition coefficient (Wildman–Crippen LogP) is 4.78. The van der Waals surface area contributed by atoms with Crippen LogP contribution in [0.15, 0.2) is 23.8 Å². The van der Waals surface area contributed by atoms with Gasteiger partial charge >= 0.3 is 0 Å². The van der Waals surface area contributed by atoms with Crippen LogP contribution in [-0.2, 0) is 0 Å². The van der Waals surface area contributed by atoms with Gasteiger partial charge in [0.2, 0.25) is 0 Å². The van der Waals surface area contributed by atoms with Gasteiger partial charge in [-0.3, -0.25) is 0 Å². The highest BCUT2D eigenvalue weighted by atomic mass is 16.5. The number of rotatable bonds is 2. The Hall–Kier alpha value is -1.24. The molecule has 0 heterocycles. The third-order valence-corrected chi connectivity index (χ3v) is 4.62. The van der Waals surface area contributed by atoms with Gasteiger partial charge in [-0.25, -0.2) is 0 Å². The molecule has 18 heavy (non-hydrogen) atoms. The van der Waals surface area contributed by atoms with Crippen molar-refractivity contribution < 1.29 is 4.74 Å². The van der Waals surface area contributed by atoms with E-state index in [9.17, 15) is 0 Å². The maximum atomic E-state index is 5.33. The maximum Gasteiger partial charge on any atom is 0.119 e. The summed E-state index contributed by atoms with van der Waals surface area (Å²) in [4.78, 5) is 0. The van der Waals surface area contributed by atoms with E-state index in [1.54, 1.807) is 12.7 Å². The summed E-state index contributed by atoms with van der Waals surface area (Å²) in [7, 11) is 1.74. The van der Waals surface area contributed by atoms with Crippen molar-refractivity contribution >= 4 is 6.08 Å². The Labute approximate surface area is 110 Å². The molecule has 1 aromatic carbocycles. The van der Waals surface area contributed by atoms with Crippen LogP contribution in [0.4, 0.5) is 0 Å². The second kappa shape index (κ2) is 4.79. The molecular weight excluding hydrogens is 220 g/mol. The Kier molecular flexibility index (Phi) is 3.15. The van der Waals surface area contributed by atoms with E-state index >= 15 is 0 Å². The van der Waals surface area contributed by atoms with Crippen LogP contribution >= 0.6 is 0 Å². The number of benzene rings is 1. The van der Waals surface area contributed by atoms with E-state index < -0.39 is 0 Å². The summed E-state index contributed by atoms with van der Waals surface area (Å²) in [6.45, 7) is 2.30. The highest BCUT2D eigenvalue weighted by Gasteiger charge is 2.31. The fourth-order valence-electron chi connectivity index (χ4n) is 3.76. The molecule has 0 amide bonds.